The molecule has 3 rings (SSSR count). The van der Waals surface area contributed by atoms with Crippen molar-refractivity contribution < 1.29 is 14.2 Å². The molecule has 22 heavy (non-hydrogen) atoms. The topological polar surface area (TPSA) is 32.7 Å². The smallest absolute Gasteiger partial charge is 0.165 e. The van der Waals surface area contributed by atoms with Crippen LogP contribution in [0.25, 0.3) is 0 Å². The van der Waals surface area contributed by atoms with Crippen LogP contribution in [-0.4, -0.2) is 37.3 Å². The van der Waals surface area contributed by atoms with Crippen molar-refractivity contribution in [2.75, 3.05) is 21.2 Å². The highest BCUT2D eigenvalue weighted by atomic mass is 19.1. The van der Waals surface area contributed by atoms with E-state index in [-0.39, 0.29) is 23.0 Å². The number of benzene rings is 1. The van der Waals surface area contributed by atoms with Gasteiger partial charge in [0, 0.05) is 6.04 Å². The molecule has 0 aliphatic heterocycles. The quantitative estimate of drug-likeness (QED) is 0.931. The maximum atomic E-state index is 13.7. The zero-order valence-electron chi connectivity index (χ0n) is 13.9. The molecule has 2 aliphatic carbocycles. The number of hydrogen-bond acceptors (Lipinski definition) is 3. The molecule has 2 bridgehead atoms. The predicted molar refractivity (Wildman–Crippen MR) is 84.4 cm³/mol. The van der Waals surface area contributed by atoms with Crippen molar-refractivity contribution in [2.45, 2.75) is 44.2 Å². The number of nitrogens with zero attached hydrogens (tertiary/aromatic N) is 1. The molecular weight excluding hydrogens is 281 g/mol. The molecule has 1 N–H and O–H groups in total. The lowest BCUT2D eigenvalue weighted by Gasteiger charge is -2.52. The molecule has 0 radical (unpaired) electrons. The zero-order chi connectivity index (χ0) is 16.1. The van der Waals surface area contributed by atoms with E-state index in [2.05, 4.69) is 11.8 Å². The summed E-state index contributed by atoms with van der Waals surface area (Å²) in [5.74, 6) is 0.356. The zero-order valence-corrected chi connectivity index (χ0v) is 13.9. The van der Waals surface area contributed by atoms with Crippen molar-refractivity contribution in [3.05, 3.63) is 29.6 Å². The van der Waals surface area contributed by atoms with Crippen LogP contribution in [-0.2, 0) is 5.60 Å². The number of aliphatic hydroxyl groups is 1. The Morgan fingerprint density at radius 2 is 2.05 bits per heavy atom. The van der Waals surface area contributed by atoms with E-state index in [4.69, 9.17) is 4.74 Å². The number of likely N-dealkylation sites (N-methyl/N-ethyl adjacent to an activating group) is 1. The molecular formula is C18H26FNO2. The van der Waals surface area contributed by atoms with E-state index in [1.54, 1.807) is 12.1 Å². The summed E-state index contributed by atoms with van der Waals surface area (Å²) in [6.45, 7) is 2.28. The van der Waals surface area contributed by atoms with Gasteiger partial charge in [0.05, 0.1) is 7.11 Å². The van der Waals surface area contributed by atoms with Gasteiger partial charge in [-0.15, -0.1) is 0 Å². The Hall–Kier alpha value is -1.13. The van der Waals surface area contributed by atoms with Crippen LogP contribution in [0.5, 0.6) is 5.75 Å². The van der Waals surface area contributed by atoms with Gasteiger partial charge in [-0.2, -0.15) is 0 Å². The van der Waals surface area contributed by atoms with Crippen molar-refractivity contribution in [1.82, 2.24) is 4.90 Å². The average molecular weight is 307 g/mol. The Balaban J connectivity index is 2.09. The SMILES string of the molecule is COc1cc(C2(O)CC3CCC(C)(C3)C2N(C)C)ccc1F. The number of halogens is 1. The number of fused-ring (bicyclic) bond motifs is 2. The number of methoxy groups -OCH3 is 1. The molecule has 2 saturated carbocycles. The van der Waals surface area contributed by atoms with Gasteiger partial charge >= 0.3 is 0 Å². The second-order valence-corrected chi connectivity index (χ2v) is 7.61. The van der Waals surface area contributed by atoms with Gasteiger partial charge < -0.3 is 14.7 Å². The summed E-state index contributed by atoms with van der Waals surface area (Å²) in [6, 6.07) is 4.80. The summed E-state index contributed by atoms with van der Waals surface area (Å²) in [5, 5.41) is 11.6. The second-order valence-electron chi connectivity index (χ2n) is 7.61. The molecule has 4 unspecified atom stereocenters. The van der Waals surface area contributed by atoms with Crippen LogP contribution < -0.4 is 4.74 Å². The standard InChI is InChI=1S/C18H26FNO2/c1-17-8-7-12(10-17)11-18(21,16(17)20(2)3)13-5-6-14(19)15(9-13)22-4/h5-6,9,12,16,21H,7-8,10-11H2,1-4H3. The molecule has 4 atom stereocenters. The van der Waals surface area contributed by atoms with Gasteiger partial charge in [-0.25, -0.2) is 4.39 Å². The van der Waals surface area contributed by atoms with Crippen molar-refractivity contribution in [3.63, 3.8) is 0 Å². The van der Waals surface area contributed by atoms with Crippen LogP contribution in [0, 0.1) is 17.2 Å². The molecule has 0 spiro atoms. The van der Waals surface area contributed by atoms with Gasteiger partial charge in [0.15, 0.2) is 11.6 Å². The highest BCUT2D eigenvalue weighted by Gasteiger charge is 2.58. The van der Waals surface area contributed by atoms with Crippen LogP contribution >= 0.6 is 0 Å². The lowest BCUT2D eigenvalue weighted by atomic mass is 9.62. The summed E-state index contributed by atoms with van der Waals surface area (Å²) < 4.78 is 18.9. The third kappa shape index (κ3) is 2.24. The fourth-order valence-electron chi connectivity index (χ4n) is 5.20. The fourth-order valence-corrected chi connectivity index (χ4v) is 5.20. The minimum atomic E-state index is -0.960. The average Bonchev–Trinajstić information content (AvgIpc) is 2.74. The molecule has 1 aromatic rings. The Morgan fingerprint density at radius 1 is 1.32 bits per heavy atom. The van der Waals surface area contributed by atoms with Crippen molar-refractivity contribution in [3.8, 4) is 5.75 Å². The van der Waals surface area contributed by atoms with Gasteiger partial charge in [0.2, 0.25) is 0 Å². The van der Waals surface area contributed by atoms with Crippen molar-refractivity contribution in [1.29, 1.82) is 0 Å². The molecule has 122 valence electrons. The highest BCUT2D eigenvalue weighted by molar-refractivity contribution is 5.36. The molecule has 2 aliphatic rings. The van der Waals surface area contributed by atoms with Crippen molar-refractivity contribution in [2.24, 2.45) is 11.3 Å². The monoisotopic (exact) mass is 307 g/mol. The molecule has 0 heterocycles. The minimum Gasteiger partial charge on any atom is -0.494 e. The number of hydrogen-bond donors (Lipinski definition) is 1. The third-order valence-electron chi connectivity index (χ3n) is 5.76. The summed E-state index contributed by atoms with van der Waals surface area (Å²) in [4.78, 5) is 2.14. The molecule has 0 amide bonds. The summed E-state index contributed by atoms with van der Waals surface area (Å²) >= 11 is 0. The second kappa shape index (κ2) is 5.20. The Morgan fingerprint density at radius 3 is 2.68 bits per heavy atom. The Kier molecular flexibility index (Phi) is 3.73. The first-order chi connectivity index (χ1) is 10.3. The first-order valence-corrected chi connectivity index (χ1v) is 8.03. The Bertz CT molecular complexity index is 576. The van der Waals surface area contributed by atoms with E-state index in [0.29, 0.717) is 5.92 Å². The molecule has 3 nitrogen and oxygen atoms in total. The summed E-state index contributed by atoms with van der Waals surface area (Å²) in [6.07, 6.45) is 4.21. The summed E-state index contributed by atoms with van der Waals surface area (Å²) in [7, 11) is 5.52. The van der Waals surface area contributed by atoms with E-state index >= 15 is 0 Å². The molecule has 4 heteroatoms. The predicted octanol–water partition coefficient (Wildman–Crippen LogP) is 3.16. The van der Waals surface area contributed by atoms with Gasteiger partial charge in [-0.05, 0) is 68.8 Å². The third-order valence-corrected chi connectivity index (χ3v) is 5.76. The maximum absolute atomic E-state index is 13.7. The first-order valence-electron chi connectivity index (χ1n) is 8.03. The normalized spacial score (nSPS) is 37.6. The van der Waals surface area contributed by atoms with Gasteiger partial charge in [-0.3, -0.25) is 0 Å². The van der Waals surface area contributed by atoms with E-state index in [0.717, 1.165) is 24.8 Å². The van der Waals surface area contributed by atoms with Crippen LogP contribution in [0.4, 0.5) is 4.39 Å². The van der Waals surface area contributed by atoms with Gasteiger partial charge in [0.25, 0.3) is 0 Å². The van der Waals surface area contributed by atoms with Gasteiger partial charge in [-0.1, -0.05) is 13.0 Å². The number of ether oxygens (including phenoxy) is 1. The van der Waals surface area contributed by atoms with E-state index < -0.39 is 5.60 Å². The first kappa shape index (κ1) is 15.8. The van der Waals surface area contributed by atoms with E-state index in [1.165, 1.54) is 19.6 Å². The lowest BCUT2D eigenvalue weighted by Crippen LogP contribution is -2.58. The number of rotatable bonds is 3. The van der Waals surface area contributed by atoms with Gasteiger partial charge in [0.1, 0.15) is 5.60 Å². The lowest BCUT2D eigenvalue weighted by molar-refractivity contribution is -0.121. The van der Waals surface area contributed by atoms with Crippen LogP contribution in [0.3, 0.4) is 0 Å². The largest absolute Gasteiger partial charge is 0.494 e. The van der Waals surface area contributed by atoms with E-state index in [9.17, 15) is 9.50 Å². The van der Waals surface area contributed by atoms with Crippen molar-refractivity contribution >= 4 is 0 Å². The van der Waals surface area contributed by atoms with E-state index in [1.807, 2.05) is 14.1 Å². The summed E-state index contributed by atoms with van der Waals surface area (Å²) in [5.41, 5.74) is -0.0937. The fraction of sp³-hybridized carbons (Fsp3) is 0.667. The van der Waals surface area contributed by atoms with Crippen LogP contribution in [0.1, 0.15) is 38.2 Å². The highest BCUT2D eigenvalue weighted by Crippen LogP contribution is 2.58. The minimum absolute atomic E-state index is 0.0221. The molecule has 0 aromatic heterocycles. The van der Waals surface area contributed by atoms with Crippen LogP contribution in [0.15, 0.2) is 18.2 Å². The molecule has 1 aromatic carbocycles. The molecule has 0 saturated heterocycles. The molecule has 2 fully saturated rings. The maximum Gasteiger partial charge on any atom is 0.165 e. The van der Waals surface area contributed by atoms with Crippen LogP contribution in [0.2, 0.25) is 0 Å². The Labute approximate surface area is 132 Å².